The minimum atomic E-state index is 0.321. The first-order chi connectivity index (χ1) is 6.34. The topological polar surface area (TPSA) is 32.7 Å². The monoisotopic (exact) mass is 187 g/mol. The molecule has 0 aromatic heterocycles. The molecular formula is C10H21NO2. The van der Waals surface area contributed by atoms with Gasteiger partial charge < -0.3 is 14.7 Å². The van der Waals surface area contributed by atoms with Gasteiger partial charge in [0.2, 0.25) is 0 Å². The van der Waals surface area contributed by atoms with Gasteiger partial charge in [-0.15, -0.1) is 0 Å². The van der Waals surface area contributed by atoms with Crippen molar-refractivity contribution in [1.29, 1.82) is 0 Å². The van der Waals surface area contributed by atoms with E-state index >= 15 is 0 Å². The maximum Gasteiger partial charge on any atom is 0.0480 e. The van der Waals surface area contributed by atoms with Crippen LogP contribution < -0.4 is 0 Å². The number of hydrogen-bond acceptors (Lipinski definition) is 3. The molecule has 1 saturated heterocycles. The van der Waals surface area contributed by atoms with Crippen molar-refractivity contribution in [3.05, 3.63) is 0 Å². The fourth-order valence-corrected chi connectivity index (χ4v) is 1.78. The second-order valence-corrected chi connectivity index (χ2v) is 3.75. The largest absolute Gasteiger partial charge is 0.396 e. The summed E-state index contributed by atoms with van der Waals surface area (Å²) >= 11 is 0. The first kappa shape index (κ1) is 11.0. The number of hydrogen-bond donors (Lipinski definition) is 1. The molecule has 1 aliphatic heterocycles. The van der Waals surface area contributed by atoms with Crippen LogP contribution in [0.2, 0.25) is 0 Å². The molecule has 1 aliphatic rings. The van der Waals surface area contributed by atoms with E-state index in [2.05, 4.69) is 11.9 Å². The van der Waals surface area contributed by atoms with E-state index < -0.39 is 0 Å². The molecule has 0 aliphatic carbocycles. The van der Waals surface area contributed by atoms with Gasteiger partial charge in [0.25, 0.3) is 0 Å². The second-order valence-electron chi connectivity index (χ2n) is 3.75. The summed E-state index contributed by atoms with van der Waals surface area (Å²) in [6.07, 6.45) is 4.35. The standard InChI is InChI=1S/C10H21NO2/c1-11(6-2-3-7-12)10-4-8-13-9-5-10/h10,12H,2-9H2,1H3. The fraction of sp³-hybridized carbons (Fsp3) is 1.00. The zero-order valence-electron chi connectivity index (χ0n) is 8.54. The lowest BCUT2D eigenvalue weighted by Gasteiger charge is -2.31. The Morgan fingerprint density at radius 3 is 2.62 bits per heavy atom. The van der Waals surface area contributed by atoms with Crippen LogP contribution in [-0.4, -0.2) is 49.5 Å². The van der Waals surface area contributed by atoms with Crippen LogP contribution in [0.3, 0.4) is 0 Å². The van der Waals surface area contributed by atoms with Gasteiger partial charge in [-0.2, -0.15) is 0 Å². The highest BCUT2D eigenvalue weighted by Gasteiger charge is 2.17. The van der Waals surface area contributed by atoms with Gasteiger partial charge in [-0.25, -0.2) is 0 Å². The highest BCUT2D eigenvalue weighted by atomic mass is 16.5. The molecule has 1 fully saturated rings. The molecule has 0 unspecified atom stereocenters. The van der Waals surface area contributed by atoms with Crippen molar-refractivity contribution < 1.29 is 9.84 Å². The Kier molecular flexibility index (Phi) is 5.35. The Bertz CT molecular complexity index is 124. The number of ether oxygens (including phenoxy) is 1. The first-order valence-electron chi connectivity index (χ1n) is 5.23. The Labute approximate surface area is 80.7 Å². The Balaban J connectivity index is 2.09. The van der Waals surface area contributed by atoms with E-state index in [1.165, 1.54) is 0 Å². The lowest BCUT2D eigenvalue weighted by Crippen LogP contribution is -2.37. The van der Waals surface area contributed by atoms with E-state index in [0.717, 1.165) is 45.4 Å². The van der Waals surface area contributed by atoms with E-state index in [1.54, 1.807) is 0 Å². The molecular weight excluding hydrogens is 166 g/mol. The molecule has 0 radical (unpaired) electrons. The normalized spacial score (nSPS) is 19.6. The molecule has 0 saturated carbocycles. The molecule has 0 bridgehead atoms. The number of rotatable bonds is 5. The number of unbranched alkanes of at least 4 members (excludes halogenated alkanes) is 1. The summed E-state index contributed by atoms with van der Waals surface area (Å²) in [5, 5.41) is 8.65. The van der Waals surface area contributed by atoms with Crippen LogP contribution in [0, 0.1) is 0 Å². The third kappa shape index (κ3) is 4.07. The lowest BCUT2D eigenvalue weighted by atomic mass is 10.1. The molecule has 0 atom stereocenters. The van der Waals surface area contributed by atoms with Gasteiger partial charge in [0.05, 0.1) is 0 Å². The highest BCUT2D eigenvalue weighted by molar-refractivity contribution is 4.71. The van der Waals surface area contributed by atoms with Gasteiger partial charge in [-0.1, -0.05) is 0 Å². The van der Waals surface area contributed by atoms with E-state index in [4.69, 9.17) is 9.84 Å². The van der Waals surface area contributed by atoms with Gasteiger partial charge in [0.1, 0.15) is 0 Å². The predicted octanol–water partition coefficient (Wildman–Crippen LogP) is 0.870. The molecule has 3 heteroatoms. The minimum Gasteiger partial charge on any atom is -0.396 e. The van der Waals surface area contributed by atoms with Gasteiger partial charge in [-0.05, 0) is 39.3 Å². The zero-order chi connectivity index (χ0) is 9.52. The van der Waals surface area contributed by atoms with Crippen molar-refractivity contribution in [3.63, 3.8) is 0 Å². The van der Waals surface area contributed by atoms with E-state index in [0.29, 0.717) is 12.6 Å². The molecule has 0 spiro atoms. The Morgan fingerprint density at radius 2 is 2.00 bits per heavy atom. The smallest absolute Gasteiger partial charge is 0.0480 e. The molecule has 1 heterocycles. The summed E-state index contributed by atoms with van der Waals surface area (Å²) in [5.74, 6) is 0. The lowest BCUT2D eigenvalue weighted by molar-refractivity contribution is 0.0422. The average Bonchev–Trinajstić information content (AvgIpc) is 2.19. The Morgan fingerprint density at radius 1 is 1.31 bits per heavy atom. The van der Waals surface area contributed by atoms with Crippen molar-refractivity contribution in [2.24, 2.45) is 0 Å². The van der Waals surface area contributed by atoms with Gasteiger partial charge in [0, 0.05) is 25.9 Å². The van der Waals surface area contributed by atoms with Crippen LogP contribution in [0.4, 0.5) is 0 Å². The maximum absolute atomic E-state index is 8.65. The molecule has 0 aromatic carbocycles. The third-order valence-electron chi connectivity index (χ3n) is 2.73. The fourth-order valence-electron chi connectivity index (χ4n) is 1.78. The number of aliphatic hydroxyl groups is 1. The van der Waals surface area contributed by atoms with Crippen molar-refractivity contribution in [1.82, 2.24) is 4.90 Å². The van der Waals surface area contributed by atoms with Crippen molar-refractivity contribution in [2.45, 2.75) is 31.7 Å². The molecule has 3 nitrogen and oxygen atoms in total. The van der Waals surface area contributed by atoms with E-state index in [-0.39, 0.29) is 0 Å². The number of aliphatic hydroxyl groups excluding tert-OH is 1. The average molecular weight is 187 g/mol. The summed E-state index contributed by atoms with van der Waals surface area (Å²) in [6, 6.07) is 0.701. The minimum absolute atomic E-state index is 0.321. The van der Waals surface area contributed by atoms with Crippen LogP contribution >= 0.6 is 0 Å². The van der Waals surface area contributed by atoms with Crippen molar-refractivity contribution in [3.8, 4) is 0 Å². The summed E-state index contributed by atoms with van der Waals surface area (Å²) in [5.41, 5.74) is 0. The summed E-state index contributed by atoms with van der Waals surface area (Å²) < 4.78 is 5.31. The summed E-state index contributed by atoms with van der Waals surface area (Å²) in [6.45, 7) is 3.25. The molecule has 13 heavy (non-hydrogen) atoms. The first-order valence-corrected chi connectivity index (χ1v) is 5.23. The van der Waals surface area contributed by atoms with Gasteiger partial charge in [-0.3, -0.25) is 0 Å². The molecule has 0 amide bonds. The van der Waals surface area contributed by atoms with Crippen LogP contribution in [0.5, 0.6) is 0 Å². The van der Waals surface area contributed by atoms with Crippen molar-refractivity contribution in [2.75, 3.05) is 33.4 Å². The third-order valence-corrected chi connectivity index (χ3v) is 2.73. The maximum atomic E-state index is 8.65. The SMILES string of the molecule is CN(CCCCO)C1CCOCC1. The van der Waals surface area contributed by atoms with Crippen LogP contribution in [0.25, 0.3) is 0 Å². The van der Waals surface area contributed by atoms with Crippen LogP contribution in [0.1, 0.15) is 25.7 Å². The summed E-state index contributed by atoms with van der Waals surface area (Å²) in [4.78, 5) is 2.40. The molecule has 1 rings (SSSR count). The van der Waals surface area contributed by atoms with Crippen LogP contribution in [0.15, 0.2) is 0 Å². The summed E-state index contributed by atoms with van der Waals surface area (Å²) in [7, 11) is 2.17. The second kappa shape index (κ2) is 6.35. The number of nitrogens with zero attached hydrogens (tertiary/aromatic N) is 1. The highest BCUT2D eigenvalue weighted by Crippen LogP contribution is 2.12. The molecule has 0 aromatic rings. The quantitative estimate of drug-likeness (QED) is 0.648. The van der Waals surface area contributed by atoms with Gasteiger partial charge in [0.15, 0.2) is 0 Å². The predicted molar refractivity (Wildman–Crippen MR) is 52.8 cm³/mol. The van der Waals surface area contributed by atoms with Crippen LogP contribution in [-0.2, 0) is 4.74 Å². The van der Waals surface area contributed by atoms with Gasteiger partial charge >= 0.3 is 0 Å². The van der Waals surface area contributed by atoms with E-state index in [1.807, 2.05) is 0 Å². The van der Waals surface area contributed by atoms with Crippen molar-refractivity contribution >= 4 is 0 Å². The zero-order valence-corrected chi connectivity index (χ0v) is 8.54. The molecule has 78 valence electrons. The Hall–Kier alpha value is -0.120. The van der Waals surface area contributed by atoms with E-state index in [9.17, 15) is 0 Å². The molecule has 1 N–H and O–H groups in total.